The van der Waals surface area contributed by atoms with Crippen LogP contribution in [0.15, 0.2) is 71.7 Å². The molecule has 0 aliphatic carbocycles. The predicted octanol–water partition coefficient (Wildman–Crippen LogP) is 5.18. The number of nitrogens with one attached hydrogen (secondary N) is 1. The van der Waals surface area contributed by atoms with Crippen molar-refractivity contribution < 1.29 is 14.6 Å². The Labute approximate surface area is 206 Å². The van der Waals surface area contributed by atoms with Crippen molar-refractivity contribution in [2.24, 2.45) is 0 Å². The van der Waals surface area contributed by atoms with Crippen molar-refractivity contribution in [1.82, 2.24) is 9.88 Å². The molecule has 1 aromatic heterocycles. The number of H-pyrrole nitrogens is 1. The summed E-state index contributed by atoms with van der Waals surface area (Å²) in [5.41, 5.74) is 3.01. The Balaban J connectivity index is 1.35. The Kier molecular flexibility index (Phi) is 7.13. The van der Waals surface area contributed by atoms with Crippen LogP contribution in [0, 0.1) is 6.92 Å². The van der Waals surface area contributed by atoms with Crippen molar-refractivity contribution >= 4 is 6.09 Å². The molecule has 2 aromatic carbocycles. The number of pyridine rings is 1. The van der Waals surface area contributed by atoms with Gasteiger partial charge in [0.15, 0.2) is 0 Å². The molecular weight excluding hydrogens is 440 g/mol. The molecule has 2 heterocycles. The zero-order chi connectivity index (χ0) is 25.1. The largest absolute Gasteiger partial charge is 0.438 e. The first-order valence-electron chi connectivity index (χ1n) is 12.2. The lowest BCUT2D eigenvalue weighted by Crippen LogP contribution is -2.50. The highest BCUT2D eigenvalue weighted by atomic mass is 16.6. The predicted molar refractivity (Wildman–Crippen MR) is 137 cm³/mol. The minimum atomic E-state index is -0.960. The lowest BCUT2D eigenvalue weighted by molar-refractivity contribution is -0.0962. The van der Waals surface area contributed by atoms with Gasteiger partial charge in [-0.2, -0.15) is 0 Å². The van der Waals surface area contributed by atoms with Gasteiger partial charge >= 0.3 is 6.09 Å². The summed E-state index contributed by atoms with van der Waals surface area (Å²) in [7, 11) is 0. The lowest BCUT2D eigenvalue weighted by Gasteiger charge is -2.44. The van der Waals surface area contributed by atoms with Crippen LogP contribution in [0.2, 0.25) is 0 Å². The molecule has 0 saturated carbocycles. The highest BCUT2D eigenvalue weighted by molar-refractivity contribution is 5.69. The fourth-order valence-corrected chi connectivity index (χ4v) is 4.87. The number of aryl methyl sites for hydroxylation is 2. The van der Waals surface area contributed by atoms with Crippen LogP contribution in [0.25, 0.3) is 11.1 Å². The molecule has 2 N–H and O–H groups in total. The van der Waals surface area contributed by atoms with E-state index >= 15 is 0 Å². The zero-order valence-corrected chi connectivity index (χ0v) is 20.7. The van der Waals surface area contributed by atoms with Gasteiger partial charge in [0.05, 0.1) is 5.60 Å². The summed E-state index contributed by atoms with van der Waals surface area (Å²) in [6.07, 6.45) is 4.08. The minimum Gasteiger partial charge on any atom is -0.438 e. The van der Waals surface area contributed by atoms with Gasteiger partial charge in [0, 0.05) is 37.7 Å². The number of carbonyl (C=O) groups is 1. The monoisotopic (exact) mass is 474 g/mol. The average molecular weight is 475 g/mol. The normalized spacial score (nSPS) is 18.4. The fraction of sp³-hybridized carbons (Fsp3) is 0.379. The Morgan fingerprint density at radius 1 is 1.06 bits per heavy atom. The van der Waals surface area contributed by atoms with Crippen molar-refractivity contribution in [2.45, 2.75) is 57.7 Å². The van der Waals surface area contributed by atoms with E-state index in [1.165, 1.54) is 5.56 Å². The van der Waals surface area contributed by atoms with Crippen LogP contribution in [0.4, 0.5) is 4.79 Å². The van der Waals surface area contributed by atoms with Crippen molar-refractivity contribution in [1.29, 1.82) is 0 Å². The average Bonchev–Trinajstić information content (AvgIpc) is 2.82. The highest BCUT2D eigenvalue weighted by Crippen LogP contribution is 2.40. The summed E-state index contributed by atoms with van der Waals surface area (Å²) < 4.78 is 6.04. The summed E-state index contributed by atoms with van der Waals surface area (Å²) >= 11 is 0. The van der Waals surface area contributed by atoms with E-state index in [0.717, 1.165) is 29.5 Å². The number of aromatic nitrogens is 1. The molecule has 1 fully saturated rings. The smallest absolute Gasteiger partial charge is 0.410 e. The van der Waals surface area contributed by atoms with Crippen molar-refractivity contribution in [3.63, 3.8) is 0 Å². The quantitative estimate of drug-likeness (QED) is 0.471. The zero-order valence-electron chi connectivity index (χ0n) is 20.7. The number of aromatic amines is 1. The van der Waals surface area contributed by atoms with Crippen LogP contribution in [0.3, 0.4) is 0 Å². The molecule has 0 spiro atoms. The van der Waals surface area contributed by atoms with Gasteiger partial charge in [0.25, 0.3) is 5.56 Å². The number of aliphatic hydroxyl groups is 1. The van der Waals surface area contributed by atoms with Gasteiger partial charge in [-0.1, -0.05) is 54.6 Å². The summed E-state index contributed by atoms with van der Waals surface area (Å²) in [6.45, 7) is 6.52. The number of benzene rings is 2. The summed E-state index contributed by atoms with van der Waals surface area (Å²) in [5.74, 6) is 0. The third-order valence-corrected chi connectivity index (χ3v) is 6.61. The second-order valence-electron chi connectivity index (χ2n) is 10.2. The molecule has 1 amide bonds. The summed E-state index contributed by atoms with van der Waals surface area (Å²) in [5, 5.41) is 10.5. The fourth-order valence-electron chi connectivity index (χ4n) is 4.87. The van der Waals surface area contributed by atoms with E-state index in [2.05, 4.69) is 29.2 Å². The second-order valence-corrected chi connectivity index (χ2v) is 10.2. The third kappa shape index (κ3) is 6.01. The van der Waals surface area contributed by atoms with E-state index in [4.69, 9.17) is 4.74 Å². The molecule has 0 radical (unpaired) electrons. The molecule has 6 nitrogen and oxygen atoms in total. The SMILES string of the molecule is Cc1cc(-c2ccc(CCCN3CC[C@](CC(C)(C)O)(c4ccccc4)OC3=O)cc2)c[nH]c1=O. The van der Waals surface area contributed by atoms with Gasteiger partial charge in [0.1, 0.15) is 5.60 Å². The topological polar surface area (TPSA) is 82.6 Å². The van der Waals surface area contributed by atoms with Crippen LogP contribution in [0.1, 0.15) is 49.8 Å². The molecule has 4 rings (SSSR count). The maximum Gasteiger partial charge on any atom is 0.410 e. The van der Waals surface area contributed by atoms with Gasteiger partial charge < -0.3 is 19.7 Å². The molecule has 3 aromatic rings. The van der Waals surface area contributed by atoms with E-state index in [1.54, 1.807) is 31.9 Å². The first kappa shape index (κ1) is 24.7. The number of cyclic esters (lactones) is 1. The number of amides is 1. The molecular formula is C29H34N2O4. The maximum absolute atomic E-state index is 13.0. The van der Waals surface area contributed by atoms with Gasteiger partial charge in [-0.3, -0.25) is 4.79 Å². The Morgan fingerprint density at radius 3 is 2.40 bits per heavy atom. The number of rotatable bonds is 8. The molecule has 184 valence electrons. The molecule has 35 heavy (non-hydrogen) atoms. The molecule has 6 heteroatoms. The molecule has 1 aliphatic rings. The van der Waals surface area contributed by atoms with Crippen LogP contribution < -0.4 is 5.56 Å². The van der Waals surface area contributed by atoms with Crippen LogP contribution >= 0.6 is 0 Å². The van der Waals surface area contributed by atoms with Gasteiger partial charge in [0.2, 0.25) is 0 Å². The van der Waals surface area contributed by atoms with E-state index in [9.17, 15) is 14.7 Å². The molecule has 1 aliphatic heterocycles. The van der Waals surface area contributed by atoms with Crippen molar-refractivity contribution in [3.8, 4) is 11.1 Å². The van der Waals surface area contributed by atoms with E-state index < -0.39 is 11.2 Å². The summed E-state index contributed by atoms with van der Waals surface area (Å²) in [6, 6.07) is 19.9. The Bertz CT molecular complexity index is 1210. The van der Waals surface area contributed by atoms with Crippen molar-refractivity contribution in [2.75, 3.05) is 13.1 Å². The Hall–Kier alpha value is -3.38. The van der Waals surface area contributed by atoms with Gasteiger partial charge in [-0.05, 0) is 61.9 Å². The molecule has 1 atom stereocenters. The molecule has 1 saturated heterocycles. The molecule has 0 bridgehead atoms. The first-order chi connectivity index (χ1) is 16.7. The lowest BCUT2D eigenvalue weighted by atomic mass is 9.80. The number of ether oxygens (including phenoxy) is 1. The first-order valence-corrected chi connectivity index (χ1v) is 12.2. The number of nitrogens with zero attached hydrogens (tertiary/aromatic N) is 1. The third-order valence-electron chi connectivity index (χ3n) is 6.61. The van der Waals surface area contributed by atoms with Gasteiger partial charge in [-0.25, -0.2) is 4.79 Å². The second kappa shape index (κ2) is 10.1. The van der Waals surface area contributed by atoms with Gasteiger partial charge in [-0.15, -0.1) is 0 Å². The van der Waals surface area contributed by atoms with Crippen LogP contribution in [-0.2, 0) is 16.8 Å². The molecule has 0 unspecified atom stereocenters. The highest BCUT2D eigenvalue weighted by Gasteiger charge is 2.45. The minimum absolute atomic E-state index is 0.0670. The Morgan fingerprint density at radius 2 is 1.77 bits per heavy atom. The summed E-state index contributed by atoms with van der Waals surface area (Å²) in [4.78, 5) is 29.1. The van der Waals surface area contributed by atoms with Crippen LogP contribution in [0.5, 0.6) is 0 Å². The van der Waals surface area contributed by atoms with Crippen molar-refractivity contribution in [3.05, 3.63) is 93.9 Å². The number of hydrogen-bond donors (Lipinski definition) is 2. The number of hydrogen-bond acceptors (Lipinski definition) is 4. The van der Waals surface area contributed by atoms with E-state index in [1.807, 2.05) is 36.4 Å². The number of carbonyl (C=O) groups excluding carboxylic acids is 1. The van der Waals surface area contributed by atoms with E-state index in [0.29, 0.717) is 31.5 Å². The van der Waals surface area contributed by atoms with Crippen LogP contribution in [-0.4, -0.2) is 39.8 Å². The van der Waals surface area contributed by atoms with E-state index in [-0.39, 0.29) is 11.7 Å². The standard InChI is InChI=1S/C29H34N2O4/c1-21-18-24(19-30-26(21)32)23-13-11-22(12-14-23)8-7-16-31-17-15-29(35-27(31)33,20-28(2,3)34)25-9-5-4-6-10-25/h4-6,9-14,18-19,34H,7-8,15-17,20H2,1-3H3,(H,30,32)/t29-/m0/s1. The maximum atomic E-state index is 13.0.